The summed E-state index contributed by atoms with van der Waals surface area (Å²) in [5.41, 5.74) is 2.26. The molecule has 0 aliphatic carbocycles. The summed E-state index contributed by atoms with van der Waals surface area (Å²) in [6.07, 6.45) is 0.613. The van der Waals surface area contributed by atoms with Gasteiger partial charge in [0.2, 0.25) is 4.96 Å². The van der Waals surface area contributed by atoms with Crippen LogP contribution in [0.3, 0.4) is 0 Å². The molecule has 0 saturated carbocycles. The maximum atomic E-state index is 13.1. The van der Waals surface area contributed by atoms with Gasteiger partial charge in [-0.25, -0.2) is 8.91 Å². The summed E-state index contributed by atoms with van der Waals surface area (Å²) in [5, 5.41) is 9.39. The first-order valence-corrected chi connectivity index (χ1v) is 9.53. The smallest absolute Gasteiger partial charge is 0.251 e. The van der Waals surface area contributed by atoms with Crippen molar-refractivity contribution in [3.05, 3.63) is 71.0 Å². The summed E-state index contributed by atoms with van der Waals surface area (Å²) in [6.45, 7) is 0.466. The van der Waals surface area contributed by atoms with Crippen molar-refractivity contribution in [2.75, 3.05) is 13.7 Å². The molecule has 1 N–H and O–H groups in total. The number of aromatic nitrogens is 3. The van der Waals surface area contributed by atoms with Gasteiger partial charge < -0.3 is 10.1 Å². The number of carbonyl (C=O) groups is 1. The van der Waals surface area contributed by atoms with Crippen molar-refractivity contribution in [3.63, 3.8) is 0 Å². The van der Waals surface area contributed by atoms with Gasteiger partial charge in [-0.05, 0) is 42.5 Å². The molecule has 1 amide bonds. The molecule has 0 radical (unpaired) electrons. The van der Waals surface area contributed by atoms with Gasteiger partial charge in [0.1, 0.15) is 11.6 Å². The lowest BCUT2D eigenvalue weighted by Gasteiger charge is -2.06. The van der Waals surface area contributed by atoms with E-state index in [1.807, 2.05) is 5.38 Å². The molecule has 2 aromatic carbocycles. The first kappa shape index (κ1) is 18.1. The number of thiazole rings is 1. The van der Waals surface area contributed by atoms with E-state index in [0.717, 1.165) is 16.2 Å². The minimum absolute atomic E-state index is 0.157. The van der Waals surface area contributed by atoms with Crippen LogP contribution in [0.5, 0.6) is 5.75 Å². The Morgan fingerprint density at radius 1 is 1.25 bits per heavy atom. The van der Waals surface area contributed by atoms with Gasteiger partial charge in [-0.15, -0.1) is 16.4 Å². The number of halogens is 1. The van der Waals surface area contributed by atoms with Crippen LogP contribution in [-0.2, 0) is 6.42 Å². The summed E-state index contributed by atoms with van der Waals surface area (Å²) in [7, 11) is 1.57. The molecular formula is C20H17FN4O2S. The molecule has 6 nitrogen and oxygen atoms in total. The third kappa shape index (κ3) is 3.72. The second-order valence-corrected chi connectivity index (χ2v) is 6.94. The summed E-state index contributed by atoms with van der Waals surface area (Å²) in [5.74, 6) is 0.741. The largest absolute Gasteiger partial charge is 0.497 e. The number of ether oxygens (including phenoxy) is 1. The Hall–Kier alpha value is -3.26. The van der Waals surface area contributed by atoms with Crippen molar-refractivity contribution in [1.29, 1.82) is 0 Å². The predicted octanol–water partition coefficient (Wildman–Crippen LogP) is 3.58. The zero-order valence-corrected chi connectivity index (χ0v) is 15.9. The standard InChI is InChI=1S/C20H17FN4O2S/c1-27-17-4-2-3-14(11-17)19(26)22-10-9-16-12-28-20-23-18(24-25(16)20)13-5-7-15(21)8-6-13/h2-8,11-12H,9-10H2,1H3,(H,22,26). The molecule has 0 aliphatic rings. The van der Waals surface area contributed by atoms with Crippen LogP contribution in [0.4, 0.5) is 4.39 Å². The topological polar surface area (TPSA) is 68.5 Å². The number of hydrogen-bond acceptors (Lipinski definition) is 5. The van der Waals surface area contributed by atoms with E-state index < -0.39 is 0 Å². The van der Waals surface area contributed by atoms with E-state index in [-0.39, 0.29) is 11.7 Å². The maximum Gasteiger partial charge on any atom is 0.251 e. The number of nitrogens with one attached hydrogen (secondary N) is 1. The first-order chi connectivity index (χ1) is 13.6. The number of carbonyl (C=O) groups excluding carboxylic acids is 1. The number of benzene rings is 2. The summed E-state index contributed by atoms with van der Waals surface area (Å²) in [6, 6.07) is 13.1. The van der Waals surface area contributed by atoms with Crippen molar-refractivity contribution in [3.8, 4) is 17.1 Å². The van der Waals surface area contributed by atoms with E-state index in [1.165, 1.54) is 23.5 Å². The Morgan fingerprint density at radius 2 is 2.07 bits per heavy atom. The number of methoxy groups -OCH3 is 1. The van der Waals surface area contributed by atoms with Gasteiger partial charge in [0.15, 0.2) is 5.82 Å². The number of hydrogen-bond donors (Lipinski definition) is 1. The lowest BCUT2D eigenvalue weighted by Crippen LogP contribution is -2.26. The highest BCUT2D eigenvalue weighted by molar-refractivity contribution is 7.15. The van der Waals surface area contributed by atoms with E-state index in [2.05, 4.69) is 15.4 Å². The molecule has 8 heteroatoms. The van der Waals surface area contributed by atoms with Crippen LogP contribution in [0, 0.1) is 5.82 Å². The van der Waals surface area contributed by atoms with E-state index in [0.29, 0.717) is 30.1 Å². The van der Waals surface area contributed by atoms with Gasteiger partial charge in [0.05, 0.1) is 12.8 Å². The van der Waals surface area contributed by atoms with Crippen molar-refractivity contribution in [2.45, 2.75) is 6.42 Å². The molecule has 4 rings (SSSR count). The zero-order chi connectivity index (χ0) is 19.5. The Morgan fingerprint density at radius 3 is 2.86 bits per heavy atom. The van der Waals surface area contributed by atoms with Gasteiger partial charge in [-0.3, -0.25) is 4.79 Å². The van der Waals surface area contributed by atoms with E-state index in [9.17, 15) is 9.18 Å². The molecule has 0 saturated heterocycles. The summed E-state index contributed by atoms with van der Waals surface area (Å²) < 4.78 is 20.0. The van der Waals surface area contributed by atoms with Gasteiger partial charge in [-0.2, -0.15) is 4.98 Å². The lowest BCUT2D eigenvalue weighted by molar-refractivity contribution is 0.0953. The highest BCUT2D eigenvalue weighted by Gasteiger charge is 2.12. The average Bonchev–Trinajstić information content (AvgIpc) is 3.30. The van der Waals surface area contributed by atoms with Gasteiger partial charge in [0, 0.05) is 29.5 Å². The van der Waals surface area contributed by atoms with Crippen LogP contribution in [0.15, 0.2) is 53.9 Å². The van der Waals surface area contributed by atoms with Crippen molar-refractivity contribution >= 4 is 22.2 Å². The molecule has 2 aromatic heterocycles. The Bertz CT molecular complexity index is 1120. The van der Waals surface area contributed by atoms with Crippen LogP contribution in [-0.4, -0.2) is 34.2 Å². The molecule has 0 atom stereocenters. The highest BCUT2D eigenvalue weighted by Crippen LogP contribution is 2.21. The SMILES string of the molecule is COc1cccc(C(=O)NCCc2csc3nc(-c4ccc(F)cc4)nn23)c1. The normalized spacial score (nSPS) is 10.9. The minimum atomic E-state index is -0.294. The van der Waals surface area contributed by atoms with E-state index in [1.54, 1.807) is 48.0 Å². The molecule has 0 fully saturated rings. The molecule has 0 unspecified atom stereocenters. The number of fused-ring (bicyclic) bond motifs is 1. The molecular weight excluding hydrogens is 379 g/mol. The fourth-order valence-corrected chi connectivity index (χ4v) is 3.64. The Kier molecular flexibility index (Phi) is 5.03. The Labute approximate surface area is 164 Å². The zero-order valence-electron chi connectivity index (χ0n) is 15.1. The van der Waals surface area contributed by atoms with Crippen LogP contribution >= 0.6 is 11.3 Å². The predicted molar refractivity (Wildman–Crippen MR) is 105 cm³/mol. The summed E-state index contributed by atoms with van der Waals surface area (Å²) in [4.78, 5) is 17.5. The monoisotopic (exact) mass is 396 g/mol. The number of amides is 1. The Balaban J connectivity index is 1.43. The molecule has 0 aliphatic heterocycles. The average molecular weight is 396 g/mol. The third-order valence-corrected chi connectivity index (χ3v) is 5.12. The molecule has 2 heterocycles. The van der Waals surface area contributed by atoms with Crippen LogP contribution in [0.25, 0.3) is 16.3 Å². The fraction of sp³-hybridized carbons (Fsp3) is 0.150. The van der Waals surface area contributed by atoms with Crippen molar-refractivity contribution in [2.24, 2.45) is 0 Å². The highest BCUT2D eigenvalue weighted by atomic mass is 32.1. The van der Waals surface area contributed by atoms with E-state index >= 15 is 0 Å². The van der Waals surface area contributed by atoms with Crippen molar-refractivity contribution in [1.82, 2.24) is 19.9 Å². The number of nitrogens with zero attached hydrogens (tertiary/aromatic N) is 3. The lowest BCUT2D eigenvalue weighted by atomic mass is 10.2. The fourth-order valence-electron chi connectivity index (χ4n) is 2.79. The second-order valence-electron chi connectivity index (χ2n) is 6.10. The van der Waals surface area contributed by atoms with Crippen LogP contribution in [0.1, 0.15) is 16.1 Å². The van der Waals surface area contributed by atoms with Gasteiger partial charge in [-0.1, -0.05) is 6.07 Å². The van der Waals surface area contributed by atoms with Gasteiger partial charge in [0.25, 0.3) is 5.91 Å². The molecule has 0 bridgehead atoms. The van der Waals surface area contributed by atoms with Crippen LogP contribution < -0.4 is 10.1 Å². The first-order valence-electron chi connectivity index (χ1n) is 8.65. The second kappa shape index (κ2) is 7.77. The molecule has 142 valence electrons. The molecule has 4 aromatic rings. The molecule has 28 heavy (non-hydrogen) atoms. The number of rotatable bonds is 6. The minimum Gasteiger partial charge on any atom is -0.497 e. The quantitative estimate of drug-likeness (QED) is 0.541. The van der Waals surface area contributed by atoms with Gasteiger partial charge >= 0.3 is 0 Å². The van der Waals surface area contributed by atoms with Crippen molar-refractivity contribution < 1.29 is 13.9 Å². The van der Waals surface area contributed by atoms with Crippen LogP contribution in [0.2, 0.25) is 0 Å². The third-order valence-electron chi connectivity index (χ3n) is 4.25. The summed E-state index contributed by atoms with van der Waals surface area (Å²) >= 11 is 1.48. The van der Waals surface area contributed by atoms with E-state index in [4.69, 9.17) is 4.74 Å². The maximum absolute atomic E-state index is 13.1. The molecule has 0 spiro atoms.